The van der Waals surface area contributed by atoms with Gasteiger partial charge >= 0.3 is 0 Å². The predicted octanol–water partition coefficient (Wildman–Crippen LogP) is 4.51. The van der Waals surface area contributed by atoms with Crippen LogP contribution in [-0.2, 0) is 6.42 Å². The van der Waals surface area contributed by atoms with Gasteiger partial charge in [0, 0.05) is 17.0 Å². The maximum absolute atomic E-state index is 3.89. The lowest BCUT2D eigenvalue weighted by molar-refractivity contribution is 0.221. The van der Waals surface area contributed by atoms with Crippen molar-refractivity contribution in [2.45, 2.75) is 57.5 Å². The van der Waals surface area contributed by atoms with Gasteiger partial charge in [0.15, 0.2) is 0 Å². The third kappa shape index (κ3) is 2.56. The molecule has 1 nitrogen and oxygen atoms in total. The van der Waals surface area contributed by atoms with E-state index in [2.05, 4.69) is 40.9 Å². The van der Waals surface area contributed by atoms with Crippen LogP contribution in [0.2, 0.25) is 0 Å². The van der Waals surface area contributed by atoms with E-state index in [0.29, 0.717) is 12.1 Å². The normalized spacial score (nSPS) is 26.4. The van der Waals surface area contributed by atoms with Gasteiger partial charge in [-0.15, -0.1) is 11.3 Å². The molecule has 1 fully saturated rings. The van der Waals surface area contributed by atoms with Crippen molar-refractivity contribution in [3.63, 3.8) is 0 Å². The summed E-state index contributed by atoms with van der Waals surface area (Å²) in [6.07, 6.45) is 8.32. The Morgan fingerprint density at radius 1 is 1.35 bits per heavy atom. The number of halogens is 1. The minimum atomic E-state index is 0.633. The summed E-state index contributed by atoms with van der Waals surface area (Å²) in [5.41, 5.74) is 1.61. The molecular formula is C14H20INS. The Balaban J connectivity index is 1.71. The van der Waals surface area contributed by atoms with Gasteiger partial charge in [0.25, 0.3) is 0 Å². The van der Waals surface area contributed by atoms with E-state index in [4.69, 9.17) is 0 Å². The van der Waals surface area contributed by atoms with Gasteiger partial charge in [-0.2, -0.15) is 0 Å². The number of nitrogens with one attached hydrogen (secondary N) is 1. The fourth-order valence-electron chi connectivity index (χ4n) is 3.09. The summed E-state index contributed by atoms with van der Waals surface area (Å²) in [7, 11) is 0. The molecule has 0 saturated heterocycles. The van der Waals surface area contributed by atoms with Crippen LogP contribution in [0, 0.1) is 8.80 Å². The van der Waals surface area contributed by atoms with E-state index < -0.39 is 0 Å². The molecule has 1 aromatic heterocycles. The van der Waals surface area contributed by atoms with Crippen molar-refractivity contribution in [3.8, 4) is 0 Å². The zero-order chi connectivity index (χ0) is 11.8. The molecule has 0 aromatic carbocycles. The Morgan fingerprint density at radius 2 is 2.18 bits per heavy atom. The molecular weight excluding hydrogens is 341 g/mol. The van der Waals surface area contributed by atoms with Crippen LogP contribution in [0.4, 0.5) is 0 Å². The molecule has 1 aromatic rings. The number of hydrogen-bond acceptors (Lipinski definition) is 2. The van der Waals surface area contributed by atoms with Gasteiger partial charge in [-0.25, -0.2) is 0 Å². The minimum absolute atomic E-state index is 0.633. The summed E-state index contributed by atoms with van der Waals surface area (Å²) in [6, 6.07) is 3.75. The Labute approximate surface area is 122 Å². The Bertz CT molecular complexity index is 397. The first-order chi connectivity index (χ1) is 8.24. The van der Waals surface area contributed by atoms with Crippen molar-refractivity contribution in [2.75, 3.05) is 0 Å². The van der Waals surface area contributed by atoms with E-state index in [-0.39, 0.29) is 0 Å². The molecule has 17 heavy (non-hydrogen) atoms. The van der Waals surface area contributed by atoms with Gasteiger partial charge in [0.1, 0.15) is 0 Å². The van der Waals surface area contributed by atoms with Crippen LogP contribution < -0.4 is 5.32 Å². The molecule has 1 saturated carbocycles. The molecule has 94 valence electrons. The summed E-state index contributed by atoms with van der Waals surface area (Å²) >= 11 is 4.46. The first-order valence-electron chi connectivity index (χ1n) is 6.78. The van der Waals surface area contributed by atoms with Crippen molar-refractivity contribution in [1.29, 1.82) is 0 Å². The Kier molecular flexibility index (Phi) is 3.78. The highest BCUT2D eigenvalue weighted by Crippen LogP contribution is 2.38. The van der Waals surface area contributed by atoms with Gasteiger partial charge in [-0.3, -0.25) is 0 Å². The molecule has 3 heteroatoms. The number of aryl methyl sites for hydroxylation is 1. The molecule has 1 N–H and O–H groups in total. The fourth-order valence-corrected chi connectivity index (χ4v) is 5.21. The minimum Gasteiger partial charge on any atom is -0.307 e. The second-order valence-corrected chi connectivity index (χ2v) is 8.55. The van der Waals surface area contributed by atoms with E-state index in [1.165, 1.54) is 41.4 Å². The molecule has 0 amide bonds. The maximum Gasteiger partial charge on any atom is 0.0659 e. The van der Waals surface area contributed by atoms with Gasteiger partial charge in [-0.05, 0) is 79.2 Å². The third-order valence-electron chi connectivity index (χ3n) is 4.40. The van der Waals surface area contributed by atoms with Crippen molar-refractivity contribution >= 4 is 33.9 Å². The summed E-state index contributed by atoms with van der Waals surface area (Å²) in [5.74, 6) is 0.943. The first kappa shape index (κ1) is 12.4. The van der Waals surface area contributed by atoms with E-state index in [1.54, 1.807) is 10.4 Å². The largest absolute Gasteiger partial charge is 0.307 e. The van der Waals surface area contributed by atoms with Gasteiger partial charge in [-0.1, -0.05) is 6.42 Å². The Morgan fingerprint density at radius 3 is 2.88 bits per heavy atom. The van der Waals surface area contributed by atoms with E-state index >= 15 is 0 Å². The number of thiophene rings is 1. The van der Waals surface area contributed by atoms with Crippen LogP contribution in [0.1, 0.15) is 55.5 Å². The molecule has 0 spiro atoms. The third-order valence-corrected chi connectivity index (χ3v) is 6.38. The molecule has 2 aliphatic carbocycles. The topological polar surface area (TPSA) is 12.0 Å². The average Bonchev–Trinajstić information content (AvgIpc) is 2.56. The van der Waals surface area contributed by atoms with Crippen LogP contribution in [0.5, 0.6) is 0 Å². The highest BCUT2D eigenvalue weighted by molar-refractivity contribution is 14.1. The van der Waals surface area contributed by atoms with Gasteiger partial charge in [0.05, 0.1) is 2.88 Å². The quantitative estimate of drug-likeness (QED) is 0.782. The van der Waals surface area contributed by atoms with Gasteiger partial charge < -0.3 is 5.32 Å². The second-order valence-electron chi connectivity index (χ2n) is 5.52. The second kappa shape index (κ2) is 5.17. The van der Waals surface area contributed by atoms with E-state index in [0.717, 1.165) is 5.92 Å². The van der Waals surface area contributed by atoms with Crippen LogP contribution in [0.25, 0.3) is 0 Å². The summed E-state index contributed by atoms with van der Waals surface area (Å²) < 4.78 is 1.46. The SMILES string of the molecule is CC(NC1CCCc2sc(I)cc21)C1CCC1. The summed E-state index contributed by atoms with van der Waals surface area (Å²) in [4.78, 5) is 1.64. The molecule has 2 unspecified atom stereocenters. The standard InChI is InChI=1S/C14H20INS/c1-9(10-4-2-5-10)16-12-6-3-7-13-11(12)8-14(15)17-13/h8-10,12,16H,2-7H2,1H3. The lowest BCUT2D eigenvalue weighted by atomic mass is 9.79. The maximum atomic E-state index is 3.89. The van der Waals surface area contributed by atoms with E-state index in [9.17, 15) is 0 Å². The van der Waals surface area contributed by atoms with Crippen LogP contribution in [0.3, 0.4) is 0 Å². The molecule has 2 atom stereocenters. The molecule has 2 aliphatic rings. The lowest BCUT2D eigenvalue weighted by Gasteiger charge is -2.36. The van der Waals surface area contributed by atoms with Crippen molar-refractivity contribution in [1.82, 2.24) is 5.32 Å². The Hall–Kier alpha value is 0.390. The van der Waals surface area contributed by atoms with Crippen LogP contribution in [-0.4, -0.2) is 6.04 Å². The van der Waals surface area contributed by atoms with Crippen LogP contribution in [0.15, 0.2) is 6.07 Å². The van der Waals surface area contributed by atoms with Crippen molar-refractivity contribution < 1.29 is 0 Å². The number of rotatable bonds is 3. The van der Waals surface area contributed by atoms with Gasteiger partial charge in [0.2, 0.25) is 0 Å². The molecule has 3 rings (SSSR count). The highest BCUT2D eigenvalue weighted by atomic mass is 127. The zero-order valence-electron chi connectivity index (χ0n) is 10.3. The highest BCUT2D eigenvalue weighted by Gasteiger charge is 2.28. The average molecular weight is 361 g/mol. The van der Waals surface area contributed by atoms with Crippen LogP contribution >= 0.6 is 33.9 Å². The van der Waals surface area contributed by atoms with Crippen molar-refractivity contribution in [2.24, 2.45) is 5.92 Å². The molecule has 0 radical (unpaired) electrons. The fraction of sp³-hybridized carbons (Fsp3) is 0.714. The number of hydrogen-bond donors (Lipinski definition) is 1. The monoisotopic (exact) mass is 361 g/mol. The lowest BCUT2D eigenvalue weighted by Crippen LogP contribution is -2.40. The first-order valence-corrected chi connectivity index (χ1v) is 8.67. The molecule has 0 bridgehead atoms. The summed E-state index contributed by atoms with van der Waals surface area (Å²) in [6.45, 7) is 2.38. The molecule has 1 heterocycles. The van der Waals surface area contributed by atoms with Crippen molar-refractivity contribution in [3.05, 3.63) is 19.4 Å². The zero-order valence-corrected chi connectivity index (χ0v) is 13.3. The predicted molar refractivity (Wildman–Crippen MR) is 82.7 cm³/mol. The number of fused-ring (bicyclic) bond motifs is 1. The summed E-state index contributed by atoms with van der Waals surface area (Å²) in [5, 5.41) is 3.89. The smallest absolute Gasteiger partial charge is 0.0659 e. The molecule has 0 aliphatic heterocycles. The van der Waals surface area contributed by atoms with E-state index in [1.807, 2.05) is 11.3 Å².